The third kappa shape index (κ3) is 8.66. The van der Waals surface area contributed by atoms with Crippen molar-refractivity contribution in [2.45, 2.75) is 53.8 Å². The fourth-order valence-corrected chi connectivity index (χ4v) is 9.07. The van der Waals surface area contributed by atoms with Gasteiger partial charge in [0.1, 0.15) is 23.0 Å². The maximum atomic E-state index is 12.7. The number of ether oxygens (including phenoxy) is 6. The van der Waals surface area contributed by atoms with E-state index in [0.717, 1.165) is 55.0 Å². The van der Waals surface area contributed by atoms with E-state index in [9.17, 15) is 9.59 Å². The smallest absolute Gasteiger partial charge is 0.346 e. The minimum Gasteiger partial charge on any atom is -0.496 e. The number of esters is 2. The van der Waals surface area contributed by atoms with Gasteiger partial charge in [-0.1, -0.05) is 52.5 Å². The molecule has 0 heterocycles. The third-order valence-corrected chi connectivity index (χ3v) is 11.1. The minimum atomic E-state index is -1.00. The van der Waals surface area contributed by atoms with E-state index in [1.165, 1.54) is 14.2 Å². The lowest BCUT2D eigenvalue weighted by Crippen LogP contribution is -2.27. The van der Waals surface area contributed by atoms with Gasteiger partial charge in [0.05, 0.1) is 38.5 Å². The van der Waals surface area contributed by atoms with Crippen molar-refractivity contribution in [2.75, 3.05) is 28.4 Å². The van der Waals surface area contributed by atoms with E-state index in [2.05, 4.69) is 24.3 Å². The summed E-state index contributed by atoms with van der Waals surface area (Å²) in [6.07, 6.45) is -2.01. The third-order valence-electron chi connectivity index (χ3n) is 8.01. The van der Waals surface area contributed by atoms with Crippen LogP contribution in [-0.4, -0.2) is 52.6 Å². The van der Waals surface area contributed by atoms with Crippen molar-refractivity contribution in [3.63, 3.8) is 0 Å². The summed E-state index contributed by atoms with van der Waals surface area (Å²) in [5.74, 6) is 0.997. The van der Waals surface area contributed by atoms with Crippen LogP contribution in [0.4, 0.5) is 0 Å². The predicted molar refractivity (Wildman–Crippen MR) is 206 cm³/mol. The largest absolute Gasteiger partial charge is 0.496 e. The summed E-state index contributed by atoms with van der Waals surface area (Å²) in [7, 11) is 6.12. The van der Waals surface area contributed by atoms with Gasteiger partial charge in [0.2, 0.25) is 0 Å². The molecule has 0 aromatic heterocycles. The molecule has 0 bridgehead atoms. The second kappa shape index (κ2) is 17.1. The summed E-state index contributed by atoms with van der Waals surface area (Å²) < 4.78 is 34.0. The summed E-state index contributed by atoms with van der Waals surface area (Å²) in [6.45, 7) is 11.2. The molecule has 266 valence electrons. The van der Waals surface area contributed by atoms with E-state index in [1.807, 2.05) is 39.8 Å². The van der Waals surface area contributed by atoms with Crippen LogP contribution in [0.1, 0.15) is 36.1 Å². The molecular weight excluding hydrogens is 717 g/mol. The van der Waals surface area contributed by atoms with Crippen LogP contribution >= 0.6 is 40.4 Å². The molecule has 4 unspecified atom stereocenters. The zero-order chi connectivity index (χ0) is 36.9. The second-order valence-electron chi connectivity index (χ2n) is 11.7. The topological polar surface area (TPSA) is 89.5 Å². The van der Waals surface area contributed by atoms with Crippen LogP contribution in [0.15, 0.2) is 48.5 Å². The quantitative estimate of drug-likeness (QED) is 0.106. The van der Waals surface area contributed by atoms with Crippen molar-refractivity contribution in [1.29, 1.82) is 0 Å². The number of aryl methyl sites for hydroxylation is 4. The highest BCUT2D eigenvalue weighted by Crippen LogP contribution is 2.46. The molecule has 4 rings (SSSR count). The van der Waals surface area contributed by atoms with E-state index in [-0.39, 0.29) is 38.7 Å². The lowest BCUT2D eigenvalue weighted by molar-refractivity contribution is -0.148. The zero-order valence-electron chi connectivity index (χ0n) is 29.8. The Labute approximate surface area is 307 Å². The van der Waals surface area contributed by atoms with E-state index < -0.39 is 24.1 Å². The molecule has 0 fully saturated rings. The first kappa shape index (κ1) is 39.2. The summed E-state index contributed by atoms with van der Waals surface area (Å²) in [4.78, 5) is 25.4. The molecule has 4 atom stereocenters. The number of hydrogen-bond acceptors (Lipinski definition) is 8. The Morgan fingerprint density at radius 2 is 0.880 bits per heavy atom. The van der Waals surface area contributed by atoms with E-state index >= 15 is 0 Å². The van der Waals surface area contributed by atoms with E-state index in [4.69, 9.17) is 51.6 Å². The summed E-state index contributed by atoms with van der Waals surface area (Å²) in [6, 6.07) is 15.7. The molecule has 0 aliphatic rings. The van der Waals surface area contributed by atoms with Gasteiger partial charge in [-0.2, -0.15) is 0 Å². The maximum Gasteiger partial charge on any atom is 0.346 e. The number of halogens is 2. The maximum absolute atomic E-state index is 12.7. The standard InChI is InChI=1S/C38H42Cl2O8P2/c1-19-15-25(16-20(2)33(19)43-7)49-29-13-11-27(39)35(47-23(5)37(41)45-9)31(29)32-30(50-26-17-21(3)34(44-8)22(4)18-26)14-12-28(40)36(32)48-24(6)38(42)46-10/h11-18,23-24,49-50H,1-10H3. The average Bonchev–Trinajstić information content (AvgIpc) is 3.07. The van der Waals surface area contributed by atoms with Gasteiger partial charge in [0, 0.05) is 11.1 Å². The Kier molecular flexibility index (Phi) is 13.4. The highest BCUT2D eigenvalue weighted by Gasteiger charge is 2.29. The van der Waals surface area contributed by atoms with Gasteiger partial charge in [-0.3, -0.25) is 0 Å². The highest BCUT2D eigenvalue weighted by atomic mass is 35.5. The summed E-state index contributed by atoms with van der Waals surface area (Å²) >= 11 is 13.9. The molecule has 8 nitrogen and oxygen atoms in total. The monoisotopic (exact) mass is 758 g/mol. The zero-order valence-corrected chi connectivity index (χ0v) is 33.3. The molecule has 0 spiro atoms. The van der Waals surface area contributed by atoms with Gasteiger partial charge in [0.25, 0.3) is 0 Å². The van der Waals surface area contributed by atoms with E-state index in [0.29, 0.717) is 11.1 Å². The number of benzene rings is 4. The molecule has 0 amide bonds. The van der Waals surface area contributed by atoms with Crippen LogP contribution in [0.5, 0.6) is 23.0 Å². The summed E-state index contributed by atoms with van der Waals surface area (Å²) in [5, 5.41) is 4.30. The van der Waals surface area contributed by atoms with Crippen molar-refractivity contribution >= 4 is 73.5 Å². The molecule has 0 aliphatic carbocycles. The molecular formula is C38H42Cl2O8P2. The minimum absolute atomic E-state index is 0.105. The Balaban J connectivity index is 2.09. The van der Waals surface area contributed by atoms with Crippen molar-refractivity contribution < 1.29 is 38.0 Å². The number of carbonyl (C=O) groups excluding carboxylic acids is 2. The molecule has 0 radical (unpaired) electrons. The van der Waals surface area contributed by atoms with Crippen LogP contribution < -0.4 is 40.2 Å². The van der Waals surface area contributed by atoms with Crippen LogP contribution in [0.25, 0.3) is 11.1 Å². The van der Waals surface area contributed by atoms with Crippen molar-refractivity contribution in [3.05, 3.63) is 80.8 Å². The number of rotatable bonds is 13. The fourth-order valence-electron chi connectivity index (χ4n) is 5.83. The highest BCUT2D eigenvalue weighted by molar-refractivity contribution is 7.56. The number of methoxy groups -OCH3 is 4. The first-order valence-corrected chi connectivity index (χ1v) is 18.5. The van der Waals surface area contributed by atoms with Crippen LogP contribution in [-0.2, 0) is 19.1 Å². The molecule has 50 heavy (non-hydrogen) atoms. The molecule has 0 saturated heterocycles. The van der Waals surface area contributed by atoms with E-state index in [1.54, 1.807) is 40.2 Å². The SMILES string of the molecule is COC(=O)C(C)Oc1c(Cl)ccc(Pc2cc(C)c(OC)c(C)c2)c1-c1c(Pc2cc(C)c(OC)c(C)c2)ccc(Cl)c1OC(C)C(=O)OC. The Hall–Kier alpha value is -3.54. The average molecular weight is 760 g/mol. The van der Waals surface area contributed by atoms with Crippen LogP contribution in [0.3, 0.4) is 0 Å². The van der Waals surface area contributed by atoms with Crippen molar-refractivity contribution in [1.82, 2.24) is 0 Å². The Morgan fingerprint density at radius 3 is 1.16 bits per heavy atom. The van der Waals surface area contributed by atoms with Gasteiger partial charge in [-0.25, -0.2) is 9.59 Å². The Morgan fingerprint density at radius 1 is 0.560 bits per heavy atom. The molecule has 0 aliphatic heterocycles. The first-order chi connectivity index (χ1) is 23.7. The van der Waals surface area contributed by atoms with Gasteiger partial charge in [-0.05, 0) is 121 Å². The van der Waals surface area contributed by atoms with Crippen molar-refractivity contribution in [3.8, 4) is 34.1 Å². The molecule has 12 heteroatoms. The lowest BCUT2D eigenvalue weighted by atomic mass is 10.0. The number of carbonyl (C=O) groups is 2. The van der Waals surface area contributed by atoms with Gasteiger partial charge in [0.15, 0.2) is 12.2 Å². The van der Waals surface area contributed by atoms with Crippen molar-refractivity contribution in [2.24, 2.45) is 0 Å². The second-order valence-corrected chi connectivity index (χ2v) is 15.2. The lowest BCUT2D eigenvalue weighted by Gasteiger charge is -2.25. The molecule has 0 saturated carbocycles. The number of hydrogen-bond donors (Lipinski definition) is 0. The van der Waals surface area contributed by atoms with Crippen LogP contribution in [0, 0.1) is 27.7 Å². The molecule has 0 N–H and O–H groups in total. The van der Waals surface area contributed by atoms with Gasteiger partial charge in [-0.15, -0.1) is 0 Å². The normalized spacial score (nSPS) is 12.6. The fraction of sp³-hybridized carbons (Fsp3) is 0.316. The Bertz CT molecular complexity index is 1730. The van der Waals surface area contributed by atoms with Gasteiger partial charge >= 0.3 is 11.9 Å². The predicted octanol–water partition coefficient (Wildman–Crippen LogP) is 7.05. The van der Waals surface area contributed by atoms with Crippen LogP contribution in [0.2, 0.25) is 10.0 Å². The van der Waals surface area contributed by atoms with Gasteiger partial charge < -0.3 is 28.4 Å². The summed E-state index contributed by atoms with van der Waals surface area (Å²) in [5.41, 5.74) is 5.13. The first-order valence-electron chi connectivity index (χ1n) is 15.7. The molecule has 4 aromatic carbocycles. The molecule has 4 aromatic rings.